The predicted octanol–water partition coefficient (Wildman–Crippen LogP) is 1.32. The van der Waals surface area contributed by atoms with Crippen molar-refractivity contribution >= 4 is 5.91 Å². The molecular formula is C14H31N3O. The molecule has 18 heavy (non-hydrogen) atoms. The van der Waals surface area contributed by atoms with Gasteiger partial charge >= 0.3 is 0 Å². The highest BCUT2D eigenvalue weighted by Gasteiger charge is 2.27. The van der Waals surface area contributed by atoms with Crippen LogP contribution in [0.15, 0.2) is 0 Å². The van der Waals surface area contributed by atoms with Crippen molar-refractivity contribution in [3.8, 4) is 0 Å². The van der Waals surface area contributed by atoms with Gasteiger partial charge < -0.3 is 15.5 Å². The van der Waals surface area contributed by atoms with Gasteiger partial charge in [-0.15, -0.1) is 0 Å². The lowest BCUT2D eigenvalue weighted by Crippen LogP contribution is -2.48. The topological polar surface area (TPSA) is 44.4 Å². The van der Waals surface area contributed by atoms with Crippen molar-refractivity contribution in [1.82, 2.24) is 15.5 Å². The van der Waals surface area contributed by atoms with Crippen LogP contribution in [0.5, 0.6) is 0 Å². The van der Waals surface area contributed by atoms with Crippen molar-refractivity contribution in [2.75, 3.05) is 34.2 Å². The Morgan fingerprint density at radius 1 is 1.28 bits per heavy atom. The number of nitrogens with zero attached hydrogens (tertiary/aromatic N) is 1. The molecule has 108 valence electrons. The number of rotatable bonds is 7. The summed E-state index contributed by atoms with van der Waals surface area (Å²) in [5, 5.41) is 6.23. The Bertz CT molecular complexity index is 246. The van der Waals surface area contributed by atoms with Crippen LogP contribution >= 0.6 is 0 Å². The lowest BCUT2D eigenvalue weighted by molar-refractivity contribution is -0.126. The molecule has 0 aliphatic heterocycles. The van der Waals surface area contributed by atoms with Crippen LogP contribution in [0.2, 0.25) is 0 Å². The molecule has 0 saturated heterocycles. The van der Waals surface area contributed by atoms with E-state index in [4.69, 9.17) is 0 Å². The Morgan fingerprint density at radius 2 is 1.83 bits per heavy atom. The van der Waals surface area contributed by atoms with E-state index < -0.39 is 0 Å². The normalized spacial score (nSPS) is 15.6. The zero-order valence-electron chi connectivity index (χ0n) is 13.1. The minimum absolute atomic E-state index is 0.0132. The Balaban J connectivity index is 4.45. The molecule has 2 unspecified atom stereocenters. The summed E-state index contributed by atoms with van der Waals surface area (Å²) < 4.78 is 0. The van der Waals surface area contributed by atoms with Crippen LogP contribution < -0.4 is 10.6 Å². The molecule has 4 nitrogen and oxygen atoms in total. The molecule has 0 aliphatic carbocycles. The summed E-state index contributed by atoms with van der Waals surface area (Å²) in [4.78, 5) is 14.2. The minimum atomic E-state index is 0.0132. The Morgan fingerprint density at radius 3 is 2.22 bits per heavy atom. The van der Waals surface area contributed by atoms with Gasteiger partial charge in [0, 0.05) is 18.5 Å². The average Bonchev–Trinajstić information content (AvgIpc) is 2.22. The van der Waals surface area contributed by atoms with E-state index in [2.05, 4.69) is 50.4 Å². The van der Waals surface area contributed by atoms with Crippen LogP contribution in [0, 0.1) is 11.3 Å². The first-order chi connectivity index (χ1) is 8.18. The summed E-state index contributed by atoms with van der Waals surface area (Å²) >= 11 is 0. The van der Waals surface area contributed by atoms with Crippen molar-refractivity contribution in [3.05, 3.63) is 0 Å². The number of nitrogens with one attached hydrogen (secondary N) is 2. The highest BCUT2D eigenvalue weighted by atomic mass is 16.1. The van der Waals surface area contributed by atoms with Crippen molar-refractivity contribution in [3.63, 3.8) is 0 Å². The molecule has 0 saturated carbocycles. The zero-order valence-corrected chi connectivity index (χ0v) is 13.1. The molecule has 0 aromatic rings. The maximum absolute atomic E-state index is 12.1. The first kappa shape index (κ1) is 17.4. The molecule has 0 spiro atoms. The molecule has 0 rings (SSSR count). The average molecular weight is 257 g/mol. The number of amides is 1. The number of hydrogen-bond acceptors (Lipinski definition) is 3. The first-order valence-electron chi connectivity index (χ1n) is 6.78. The number of hydrogen-bond donors (Lipinski definition) is 2. The molecule has 4 heteroatoms. The quantitative estimate of drug-likeness (QED) is 0.723. The molecule has 0 fully saturated rings. The third-order valence-corrected chi connectivity index (χ3v) is 3.18. The molecule has 0 aliphatic rings. The van der Waals surface area contributed by atoms with E-state index in [0.29, 0.717) is 0 Å². The molecule has 2 atom stereocenters. The Labute approximate surface area is 113 Å². The third-order valence-electron chi connectivity index (χ3n) is 3.18. The Kier molecular flexibility index (Phi) is 7.48. The van der Waals surface area contributed by atoms with Gasteiger partial charge in [-0.05, 0) is 39.5 Å². The van der Waals surface area contributed by atoms with Gasteiger partial charge in [-0.1, -0.05) is 27.7 Å². The molecule has 0 radical (unpaired) electrons. The molecule has 2 N–H and O–H groups in total. The summed E-state index contributed by atoms with van der Waals surface area (Å²) in [5.74, 6) is 0.155. The molecule has 1 amide bonds. The van der Waals surface area contributed by atoms with Crippen LogP contribution in [0.3, 0.4) is 0 Å². The smallest absolute Gasteiger partial charge is 0.224 e. The van der Waals surface area contributed by atoms with Gasteiger partial charge in [-0.2, -0.15) is 0 Å². The van der Waals surface area contributed by atoms with Crippen molar-refractivity contribution in [1.29, 1.82) is 0 Å². The third kappa shape index (κ3) is 6.97. The van der Waals surface area contributed by atoms with Crippen molar-refractivity contribution in [2.24, 2.45) is 11.3 Å². The predicted molar refractivity (Wildman–Crippen MR) is 77.6 cm³/mol. The van der Waals surface area contributed by atoms with E-state index in [1.165, 1.54) is 0 Å². The summed E-state index contributed by atoms with van der Waals surface area (Å²) in [6, 6.07) is 0.215. The van der Waals surface area contributed by atoms with Gasteiger partial charge in [-0.3, -0.25) is 4.79 Å². The SMILES string of the molecule is CNCC(C)C(=O)NC(CCN(C)C)C(C)(C)C. The molecule has 0 bridgehead atoms. The highest BCUT2D eigenvalue weighted by Crippen LogP contribution is 2.22. The van der Waals surface area contributed by atoms with Crippen LogP contribution in [0.25, 0.3) is 0 Å². The minimum Gasteiger partial charge on any atom is -0.353 e. The lowest BCUT2D eigenvalue weighted by Gasteiger charge is -2.33. The number of carbonyl (C=O) groups excluding carboxylic acids is 1. The molecule has 0 heterocycles. The zero-order chi connectivity index (χ0) is 14.3. The van der Waals surface area contributed by atoms with E-state index in [9.17, 15) is 4.79 Å². The van der Waals surface area contributed by atoms with Gasteiger partial charge in [-0.25, -0.2) is 0 Å². The number of carbonyl (C=O) groups is 1. The van der Waals surface area contributed by atoms with Gasteiger partial charge in [0.15, 0.2) is 0 Å². The fourth-order valence-electron chi connectivity index (χ4n) is 1.82. The van der Waals surface area contributed by atoms with E-state index in [1.807, 2.05) is 14.0 Å². The monoisotopic (exact) mass is 257 g/mol. The van der Waals surface area contributed by atoms with Gasteiger partial charge in [0.1, 0.15) is 0 Å². The van der Waals surface area contributed by atoms with Gasteiger partial charge in [0.25, 0.3) is 0 Å². The standard InChI is InChI=1S/C14H31N3O/c1-11(10-15-5)13(18)16-12(14(2,3)4)8-9-17(6)7/h11-12,15H,8-10H2,1-7H3,(H,16,18). The first-order valence-corrected chi connectivity index (χ1v) is 6.78. The molecule has 0 aromatic heterocycles. The molecule has 0 aromatic carbocycles. The van der Waals surface area contributed by atoms with Gasteiger partial charge in [0.05, 0.1) is 0 Å². The second kappa shape index (κ2) is 7.74. The highest BCUT2D eigenvalue weighted by molar-refractivity contribution is 5.78. The van der Waals surface area contributed by atoms with Crippen LogP contribution in [-0.2, 0) is 4.79 Å². The van der Waals surface area contributed by atoms with Crippen LogP contribution in [-0.4, -0.2) is 51.1 Å². The van der Waals surface area contributed by atoms with Gasteiger partial charge in [0.2, 0.25) is 5.91 Å². The van der Waals surface area contributed by atoms with Crippen molar-refractivity contribution in [2.45, 2.75) is 40.2 Å². The van der Waals surface area contributed by atoms with E-state index in [-0.39, 0.29) is 23.3 Å². The lowest BCUT2D eigenvalue weighted by atomic mass is 9.84. The maximum atomic E-state index is 12.1. The fourth-order valence-corrected chi connectivity index (χ4v) is 1.82. The van der Waals surface area contributed by atoms with Crippen molar-refractivity contribution < 1.29 is 4.79 Å². The van der Waals surface area contributed by atoms with Crippen LogP contribution in [0.4, 0.5) is 0 Å². The summed E-state index contributed by atoms with van der Waals surface area (Å²) in [6.45, 7) is 10.2. The fraction of sp³-hybridized carbons (Fsp3) is 0.929. The molecular weight excluding hydrogens is 226 g/mol. The second-order valence-corrected chi connectivity index (χ2v) is 6.48. The summed E-state index contributed by atoms with van der Waals surface area (Å²) in [5.41, 5.74) is 0.0883. The largest absolute Gasteiger partial charge is 0.353 e. The maximum Gasteiger partial charge on any atom is 0.224 e. The summed E-state index contributed by atoms with van der Waals surface area (Å²) in [7, 11) is 5.99. The Hall–Kier alpha value is -0.610. The second-order valence-electron chi connectivity index (χ2n) is 6.48. The van der Waals surface area contributed by atoms with E-state index in [0.717, 1.165) is 19.5 Å². The summed E-state index contributed by atoms with van der Waals surface area (Å²) in [6.07, 6.45) is 0.981. The van der Waals surface area contributed by atoms with E-state index in [1.54, 1.807) is 0 Å². The van der Waals surface area contributed by atoms with Crippen LogP contribution in [0.1, 0.15) is 34.1 Å². The van der Waals surface area contributed by atoms with E-state index >= 15 is 0 Å².